The number of halogens is 3. The molecule has 1 aliphatic rings. The predicted molar refractivity (Wildman–Crippen MR) is 114 cm³/mol. The second-order valence-electron chi connectivity index (χ2n) is 7.92. The van der Waals surface area contributed by atoms with E-state index in [2.05, 4.69) is 30.4 Å². The van der Waals surface area contributed by atoms with E-state index in [9.17, 15) is 18.0 Å². The standard InChI is InChI=1S/C21H16F3N9O3/c1-35-15-3-2-6-32-14(15)9-13(29-32)17-16-11(25-10-26-16)4-7-31(17)20(34)19-28-27-18(36-19)12-5-8-33(30-12)21(22,23)24/h2-3,5-6,8-10,17H,4,7H2,1H3,(H,25,26)/t17-/m1/s1. The SMILES string of the molecule is COc1cccn2nc([C@@H]3c4nc[nH]c4CCN3C(=O)c3nnc(-c4ccn(C(F)(F)F)n4)o3)cc12. The Hall–Kier alpha value is -4.69. The lowest BCUT2D eigenvalue weighted by Gasteiger charge is -2.32. The molecule has 0 saturated carbocycles. The monoisotopic (exact) mass is 499 g/mol. The van der Waals surface area contributed by atoms with Crippen molar-refractivity contribution in [2.45, 2.75) is 18.8 Å². The summed E-state index contributed by atoms with van der Waals surface area (Å²) in [6.07, 6.45) is -0.185. The zero-order chi connectivity index (χ0) is 25.0. The average Bonchev–Trinajstić information content (AvgIpc) is 3.66. The largest absolute Gasteiger partial charge is 0.504 e. The average molecular weight is 499 g/mol. The molecule has 184 valence electrons. The van der Waals surface area contributed by atoms with Crippen molar-refractivity contribution >= 4 is 11.4 Å². The molecular weight excluding hydrogens is 483 g/mol. The van der Waals surface area contributed by atoms with Crippen molar-refractivity contribution < 1.29 is 27.1 Å². The summed E-state index contributed by atoms with van der Waals surface area (Å²) >= 11 is 0. The van der Waals surface area contributed by atoms with Crippen LogP contribution in [0.1, 0.15) is 33.8 Å². The smallest absolute Gasteiger partial charge is 0.494 e. The van der Waals surface area contributed by atoms with E-state index in [1.165, 1.54) is 4.90 Å². The van der Waals surface area contributed by atoms with Crippen molar-refractivity contribution in [3.8, 4) is 17.3 Å². The molecule has 1 aliphatic heterocycles. The first kappa shape index (κ1) is 21.8. The summed E-state index contributed by atoms with van der Waals surface area (Å²) in [5.74, 6) is -0.719. The Kier molecular flexibility index (Phi) is 4.80. The number of aromatic nitrogens is 8. The molecule has 6 rings (SSSR count). The Morgan fingerprint density at radius 1 is 1.22 bits per heavy atom. The maximum absolute atomic E-state index is 13.5. The highest BCUT2D eigenvalue weighted by Crippen LogP contribution is 2.35. The first-order valence-electron chi connectivity index (χ1n) is 10.7. The second kappa shape index (κ2) is 7.93. The van der Waals surface area contributed by atoms with Crippen LogP contribution < -0.4 is 4.74 Å². The van der Waals surface area contributed by atoms with E-state index in [1.54, 1.807) is 42.3 Å². The quantitative estimate of drug-likeness (QED) is 0.399. The number of nitrogens with one attached hydrogen (secondary N) is 1. The van der Waals surface area contributed by atoms with Crippen LogP contribution in [0.3, 0.4) is 0 Å². The zero-order valence-corrected chi connectivity index (χ0v) is 18.5. The number of nitrogens with zero attached hydrogens (tertiary/aromatic N) is 8. The Balaban J connectivity index is 1.37. The van der Waals surface area contributed by atoms with E-state index in [4.69, 9.17) is 9.15 Å². The number of hydrogen-bond acceptors (Lipinski definition) is 8. The summed E-state index contributed by atoms with van der Waals surface area (Å²) in [5, 5.41) is 15.5. The van der Waals surface area contributed by atoms with Gasteiger partial charge in [-0.1, -0.05) is 0 Å². The van der Waals surface area contributed by atoms with Crippen LogP contribution in [0.15, 0.2) is 47.4 Å². The highest BCUT2D eigenvalue weighted by atomic mass is 19.4. The molecule has 1 atom stereocenters. The Labute approximate surface area is 199 Å². The van der Waals surface area contributed by atoms with Gasteiger partial charge in [-0.25, -0.2) is 9.50 Å². The van der Waals surface area contributed by atoms with E-state index in [1.807, 2.05) is 0 Å². The van der Waals surface area contributed by atoms with E-state index in [0.29, 0.717) is 29.1 Å². The molecule has 0 bridgehead atoms. The molecule has 0 aliphatic carbocycles. The highest BCUT2D eigenvalue weighted by Gasteiger charge is 2.38. The number of alkyl halides is 3. The lowest BCUT2D eigenvalue weighted by atomic mass is 9.99. The molecular formula is C21H16F3N9O3. The minimum Gasteiger partial charge on any atom is -0.494 e. The van der Waals surface area contributed by atoms with Gasteiger partial charge in [-0.05, 0) is 24.3 Å². The number of ether oxygens (including phenoxy) is 1. The summed E-state index contributed by atoms with van der Waals surface area (Å²) in [7, 11) is 1.55. The first-order valence-corrected chi connectivity index (χ1v) is 10.7. The van der Waals surface area contributed by atoms with Crippen LogP contribution in [0.4, 0.5) is 13.2 Å². The fourth-order valence-corrected chi connectivity index (χ4v) is 4.22. The van der Waals surface area contributed by atoms with E-state index >= 15 is 0 Å². The van der Waals surface area contributed by atoms with Crippen LogP contribution in [0.2, 0.25) is 0 Å². The van der Waals surface area contributed by atoms with Gasteiger partial charge in [-0.2, -0.15) is 14.9 Å². The van der Waals surface area contributed by atoms with E-state index in [-0.39, 0.29) is 22.8 Å². The van der Waals surface area contributed by atoms with Crippen LogP contribution in [0, 0.1) is 0 Å². The fraction of sp³-hybridized carbons (Fsp3) is 0.238. The van der Waals surface area contributed by atoms with Gasteiger partial charge < -0.3 is 19.0 Å². The topological polar surface area (TPSA) is 132 Å². The number of rotatable bonds is 4. The van der Waals surface area contributed by atoms with E-state index in [0.717, 1.165) is 18.0 Å². The number of H-pyrrole nitrogens is 1. The van der Waals surface area contributed by atoms with Gasteiger partial charge in [0, 0.05) is 31.1 Å². The molecule has 5 aromatic rings. The summed E-state index contributed by atoms with van der Waals surface area (Å²) in [6, 6.07) is 5.77. The number of pyridine rings is 1. The third-order valence-electron chi connectivity index (χ3n) is 5.84. The summed E-state index contributed by atoms with van der Waals surface area (Å²) in [6.45, 7) is 0.282. The fourth-order valence-electron chi connectivity index (χ4n) is 4.22. The van der Waals surface area contributed by atoms with Crippen molar-refractivity contribution in [1.29, 1.82) is 0 Å². The minimum atomic E-state index is -4.70. The molecule has 36 heavy (non-hydrogen) atoms. The summed E-state index contributed by atoms with van der Waals surface area (Å²) < 4.78 is 50.9. The van der Waals surface area contributed by atoms with Crippen molar-refractivity contribution in [2.75, 3.05) is 13.7 Å². The molecule has 0 radical (unpaired) electrons. The number of hydrogen-bond donors (Lipinski definition) is 1. The number of fused-ring (bicyclic) bond motifs is 2. The van der Waals surface area contributed by atoms with Crippen molar-refractivity contribution in [2.24, 2.45) is 0 Å². The Morgan fingerprint density at radius 2 is 2.08 bits per heavy atom. The molecule has 5 aromatic heterocycles. The van der Waals surface area contributed by atoms with Gasteiger partial charge in [0.15, 0.2) is 0 Å². The van der Waals surface area contributed by atoms with Crippen LogP contribution in [-0.4, -0.2) is 64.0 Å². The normalized spacial score (nSPS) is 15.9. The van der Waals surface area contributed by atoms with Crippen molar-refractivity contribution in [1.82, 2.24) is 44.5 Å². The molecule has 6 heterocycles. The summed E-state index contributed by atoms with van der Waals surface area (Å²) in [4.78, 5) is 22.5. The van der Waals surface area contributed by atoms with Gasteiger partial charge in [0.1, 0.15) is 23.0 Å². The van der Waals surface area contributed by atoms with Gasteiger partial charge in [0.2, 0.25) is 0 Å². The second-order valence-corrected chi connectivity index (χ2v) is 7.92. The number of aromatic amines is 1. The van der Waals surface area contributed by atoms with Crippen LogP contribution in [-0.2, 0) is 12.7 Å². The van der Waals surface area contributed by atoms with Gasteiger partial charge >= 0.3 is 18.1 Å². The maximum Gasteiger partial charge on any atom is 0.504 e. The summed E-state index contributed by atoms with van der Waals surface area (Å²) in [5.41, 5.74) is 2.49. The number of imidazole rings is 1. The third kappa shape index (κ3) is 3.47. The molecule has 1 amide bonds. The van der Waals surface area contributed by atoms with Gasteiger partial charge in [-0.15, -0.1) is 23.4 Å². The predicted octanol–water partition coefficient (Wildman–Crippen LogP) is 2.58. The maximum atomic E-state index is 13.5. The lowest BCUT2D eigenvalue weighted by molar-refractivity contribution is -0.212. The van der Waals surface area contributed by atoms with Crippen LogP contribution in [0.25, 0.3) is 17.1 Å². The van der Waals surface area contributed by atoms with Crippen molar-refractivity contribution in [3.05, 3.63) is 66.0 Å². The lowest BCUT2D eigenvalue weighted by Crippen LogP contribution is -2.41. The van der Waals surface area contributed by atoms with Crippen LogP contribution in [0.5, 0.6) is 5.75 Å². The molecule has 0 fully saturated rings. The highest BCUT2D eigenvalue weighted by molar-refractivity contribution is 5.90. The zero-order valence-electron chi connectivity index (χ0n) is 18.5. The molecule has 1 N–H and O–H groups in total. The van der Waals surface area contributed by atoms with Gasteiger partial charge in [0.25, 0.3) is 5.89 Å². The minimum absolute atomic E-state index is 0.189. The number of carbonyl (C=O) groups is 1. The van der Waals surface area contributed by atoms with E-state index < -0.39 is 24.1 Å². The molecule has 15 heteroatoms. The van der Waals surface area contributed by atoms with Gasteiger partial charge in [0.05, 0.1) is 24.8 Å². The van der Waals surface area contributed by atoms with Crippen LogP contribution >= 0.6 is 0 Å². The number of methoxy groups -OCH3 is 1. The Morgan fingerprint density at radius 3 is 2.86 bits per heavy atom. The molecule has 12 nitrogen and oxygen atoms in total. The number of carbonyl (C=O) groups excluding carboxylic acids is 1. The number of amides is 1. The third-order valence-corrected chi connectivity index (χ3v) is 5.84. The molecule has 0 saturated heterocycles. The Bertz CT molecular complexity index is 1580. The van der Waals surface area contributed by atoms with Gasteiger partial charge in [-0.3, -0.25) is 4.79 Å². The first-order chi connectivity index (χ1) is 17.3. The molecule has 0 spiro atoms. The molecule has 0 unspecified atom stereocenters. The van der Waals surface area contributed by atoms with Crippen molar-refractivity contribution in [3.63, 3.8) is 0 Å². The molecule has 0 aromatic carbocycles.